The van der Waals surface area contributed by atoms with Gasteiger partial charge >= 0.3 is 0 Å². The Labute approximate surface area is 165 Å². The molecule has 0 unspecified atom stereocenters. The van der Waals surface area contributed by atoms with E-state index in [1.54, 1.807) is 19.2 Å². The Hall–Kier alpha value is -2.53. The fourth-order valence-electron chi connectivity index (χ4n) is 4.27. The van der Waals surface area contributed by atoms with Gasteiger partial charge in [-0.2, -0.15) is 0 Å². The molecule has 0 atom stereocenters. The van der Waals surface area contributed by atoms with Crippen LogP contribution in [-0.2, 0) is 6.42 Å². The maximum Gasteiger partial charge on any atom is 0.142 e. The Morgan fingerprint density at radius 3 is 2.64 bits per heavy atom. The molecule has 1 aromatic heterocycles. The normalized spacial score (nSPS) is 15.3. The summed E-state index contributed by atoms with van der Waals surface area (Å²) in [5.74, 6) is 0.760. The van der Waals surface area contributed by atoms with Crippen LogP contribution < -0.4 is 9.64 Å². The molecule has 4 rings (SSSR count). The lowest BCUT2D eigenvalue weighted by atomic mass is 10.1. The van der Waals surface area contributed by atoms with E-state index >= 15 is 0 Å². The molecule has 5 heteroatoms. The molecule has 1 aliphatic rings. The van der Waals surface area contributed by atoms with E-state index in [-0.39, 0.29) is 5.82 Å². The minimum Gasteiger partial charge on any atom is -0.495 e. The maximum atomic E-state index is 13.4. The maximum absolute atomic E-state index is 13.4. The van der Waals surface area contributed by atoms with Crippen molar-refractivity contribution in [2.24, 2.45) is 0 Å². The average Bonchev–Trinajstić information content (AvgIpc) is 3.03. The Morgan fingerprint density at radius 1 is 1.07 bits per heavy atom. The van der Waals surface area contributed by atoms with Crippen molar-refractivity contribution in [2.45, 2.75) is 19.8 Å². The third-order valence-corrected chi connectivity index (χ3v) is 5.78. The third-order valence-electron chi connectivity index (χ3n) is 5.78. The molecule has 1 saturated heterocycles. The molecule has 1 N–H and O–H groups in total. The van der Waals surface area contributed by atoms with Gasteiger partial charge in [-0.1, -0.05) is 12.1 Å². The van der Waals surface area contributed by atoms with Crippen molar-refractivity contribution in [3.8, 4) is 5.75 Å². The summed E-state index contributed by atoms with van der Waals surface area (Å²) in [5.41, 5.74) is 4.56. The number of benzene rings is 2. The number of halogens is 1. The number of H-pyrrole nitrogens is 1. The summed E-state index contributed by atoms with van der Waals surface area (Å²) in [6, 6.07) is 13.3. The van der Waals surface area contributed by atoms with Gasteiger partial charge in [0.15, 0.2) is 0 Å². The van der Waals surface area contributed by atoms with Crippen LogP contribution in [0.1, 0.15) is 17.7 Å². The van der Waals surface area contributed by atoms with Crippen molar-refractivity contribution in [2.75, 3.05) is 44.7 Å². The Balaban J connectivity index is 1.31. The second-order valence-corrected chi connectivity index (χ2v) is 7.52. The van der Waals surface area contributed by atoms with Gasteiger partial charge in [-0.3, -0.25) is 4.90 Å². The van der Waals surface area contributed by atoms with E-state index in [0.29, 0.717) is 0 Å². The highest BCUT2D eigenvalue weighted by atomic mass is 19.1. The number of aryl methyl sites for hydroxylation is 2. The van der Waals surface area contributed by atoms with Gasteiger partial charge < -0.3 is 14.6 Å². The SMILES string of the molecule is COc1ccccc1N1CCN(CCCc2c(C)[nH]c3cc(F)ccc23)CC1. The predicted octanol–water partition coefficient (Wildman–Crippen LogP) is 4.38. The highest BCUT2D eigenvalue weighted by Gasteiger charge is 2.19. The Morgan fingerprint density at radius 2 is 1.86 bits per heavy atom. The highest BCUT2D eigenvalue weighted by molar-refractivity contribution is 5.84. The van der Waals surface area contributed by atoms with Crippen molar-refractivity contribution >= 4 is 16.6 Å². The fraction of sp³-hybridized carbons (Fsp3) is 0.391. The Kier molecular flexibility index (Phi) is 5.53. The van der Waals surface area contributed by atoms with E-state index in [0.717, 1.165) is 67.9 Å². The molecular weight excluding hydrogens is 353 g/mol. The molecule has 2 aromatic carbocycles. The average molecular weight is 381 g/mol. The van der Waals surface area contributed by atoms with Gasteiger partial charge in [0.2, 0.25) is 0 Å². The van der Waals surface area contributed by atoms with E-state index in [4.69, 9.17) is 4.74 Å². The van der Waals surface area contributed by atoms with Crippen molar-refractivity contribution in [1.82, 2.24) is 9.88 Å². The molecular formula is C23H28FN3O. The smallest absolute Gasteiger partial charge is 0.142 e. The highest BCUT2D eigenvalue weighted by Crippen LogP contribution is 2.28. The number of anilines is 1. The quantitative estimate of drug-likeness (QED) is 0.688. The molecule has 1 fully saturated rings. The monoisotopic (exact) mass is 381 g/mol. The number of aromatic amines is 1. The zero-order valence-electron chi connectivity index (χ0n) is 16.7. The number of ether oxygens (including phenoxy) is 1. The largest absolute Gasteiger partial charge is 0.495 e. The lowest BCUT2D eigenvalue weighted by molar-refractivity contribution is 0.254. The van der Waals surface area contributed by atoms with Crippen LogP contribution in [-0.4, -0.2) is 49.7 Å². The topological polar surface area (TPSA) is 31.5 Å². The molecule has 148 valence electrons. The van der Waals surface area contributed by atoms with Gasteiger partial charge in [0, 0.05) is 42.8 Å². The molecule has 0 bridgehead atoms. The molecule has 0 amide bonds. The van der Waals surface area contributed by atoms with Gasteiger partial charge in [-0.15, -0.1) is 0 Å². The summed E-state index contributed by atoms with van der Waals surface area (Å²) < 4.78 is 18.9. The third kappa shape index (κ3) is 3.85. The van der Waals surface area contributed by atoms with Crippen LogP contribution in [0.3, 0.4) is 0 Å². The minimum absolute atomic E-state index is 0.187. The van der Waals surface area contributed by atoms with E-state index in [1.165, 1.54) is 11.3 Å². The van der Waals surface area contributed by atoms with E-state index in [1.807, 2.05) is 18.2 Å². The summed E-state index contributed by atoms with van der Waals surface area (Å²) in [4.78, 5) is 8.27. The summed E-state index contributed by atoms with van der Waals surface area (Å²) in [5, 5.41) is 1.15. The minimum atomic E-state index is -0.187. The summed E-state index contributed by atoms with van der Waals surface area (Å²) in [6.45, 7) is 7.34. The fourth-order valence-corrected chi connectivity index (χ4v) is 4.27. The van der Waals surface area contributed by atoms with Crippen LogP contribution in [0, 0.1) is 12.7 Å². The van der Waals surface area contributed by atoms with Crippen LogP contribution in [0.25, 0.3) is 10.9 Å². The molecule has 0 radical (unpaired) electrons. The molecule has 28 heavy (non-hydrogen) atoms. The predicted molar refractivity (Wildman–Crippen MR) is 113 cm³/mol. The molecule has 0 spiro atoms. The molecule has 0 saturated carbocycles. The number of para-hydroxylation sites is 2. The van der Waals surface area contributed by atoms with Gasteiger partial charge in [0.05, 0.1) is 12.8 Å². The van der Waals surface area contributed by atoms with E-state index in [9.17, 15) is 4.39 Å². The summed E-state index contributed by atoms with van der Waals surface area (Å²) in [6.07, 6.45) is 2.13. The first kappa shape index (κ1) is 18.8. The first-order valence-corrected chi connectivity index (χ1v) is 10.0. The van der Waals surface area contributed by atoms with Crippen LogP contribution in [0.15, 0.2) is 42.5 Å². The van der Waals surface area contributed by atoms with E-state index < -0.39 is 0 Å². The molecule has 3 aromatic rings. The second kappa shape index (κ2) is 8.23. The van der Waals surface area contributed by atoms with Crippen molar-refractivity contribution < 1.29 is 9.13 Å². The van der Waals surface area contributed by atoms with Gasteiger partial charge in [0.25, 0.3) is 0 Å². The number of aromatic nitrogens is 1. The van der Waals surface area contributed by atoms with Crippen molar-refractivity contribution in [3.05, 3.63) is 59.5 Å². The summed E-state index contributed by atoms with van der Waals surface area (Å²) >= 11 is 0. The summed E-state index contributed by atoms with van der Waals surface area (Å²) in [7, 11) is 1.73. The van der Waals surface area contributed by atoms with Gasteiger partial charge in [-0.05, 0) is 62.2 Å². The zero-order chi connectivity index (χ0) is 19.5. The number of nitrogens with one attached hydrogen (secondary N) is 1. The van der Waals surface area contributed by atoms with E-state index in [2.05, 4.69) is 33.8 Å². The molecule has 0 aliphatic carbocycles. The first-order chi connectivity index (χ1) is 13.7. The number of fused-ring (bicyclic) bond motifs is 1. The number of hydrogen-bond acceptors (Lipinski definition) is 3. The van der Waals surface area contributed by atoms with Crippen LogP contribution in [0.5, 0.6) is 5.75 Å². The van der Waals surface area contributed by atoms with Crippen molar-refractivity contribution in [1.29, 1.82) is 0 Å². The standard InChI is InChI=1S/C23H28FN3O/c1-17-19(20-10-9-18(24)16-21(20)25-17)6-5-11-26-12-14-27(15-13-26)22-7-3-4-8-23(22)28-2/h3-4,7-10,16,25H,5-6,11-15H2,1-2H3. The van der Waals surface area contributed by atoms with Gasteiger partial charge in [-0.25, -0.2) is 4.39 Å². The lowest BCUT2D eigenvalue weighted by Crippen LogP contribution is -2.46. The lowest BCUT2D eigenvalue weighted by Gasteiger charge is -2.36. The molecule has 2 heterocycles. The van der Waals surface area contributed by atoms with Gasteiger partial charge in [0.1, 0.15) is 11.6 Å². The number of rotatable bonds is 6. The van der Waals surface area contributed by atoms with Crippen LogP contribution in [0.4, 0.5) is 10.1 Å². The second-order valence-electron chi connectivity index (χ2n) is 7.52. The number of nitrogens with zero attached hydrogens (tertiary/aromatic N) is 2. The number of methoxy groups -OCH3 is 1. The Bertz CT molecular complexity index is 944. The van der Waals surface area contributed by atoms with Crippen LogP contribution >= 0.6 is 0 Å². The number of piperazine rings is 1. The number of hydrogen-bond donors (Lipinski definition) is 1. The first-order valence-electron chi connectivity index (χ1n) is 10.0. The molecule has 1 aliphatic heterocycles. The van der Waals surface area contributed by atoms with Crippen molar-refractivity contribution in [3.63, 3.8) is 0 Å². The molecule has 4 nitrogen and oxygen atoms in total. The van der Waals surface area contributed by atoms with Crippen LogP contribution in [0.2, 0.25) is 0 Å². The zero-order valence-corrected chi connectivity index (χ0v) is 16.7.